The number of aromatic nitrogens is 1. The van der Waals surface area contributed by atoms with Crippen LogP contribution in [-0.2, 0) is 33.6 Å². The van der Waals surface area contributed by atoms with Gasteiger partial charge in [-0.25, -0.2) is 19.4 Å². The number of ketones is 2. The van der Waals surface area contributed by atoms with Gasteiger partial charge in [0.2, 0.25) is 17.7 Å². The van der Waals surface area contributed by atoms with Crippen LogP contribution in [0.1, 0.15) is 182 Å². The summed E-state index contributed by atoms with van der Waals surface area (Å²) in [6.07, 6.45) is 13.8. The average Bonchev–Trinajstić information content (AvgIpc) is 1.75. The smallest absolute Gasteiger partial charge is 0.415 e. The van der Waals surface area contributed by atoms with E-state index in [0.29, 0.717) is 122 Å². The molecule has 18 nitrogen and oxygen atoms in total. The fourth-order valence-corrected chi connectivity index (χ4v) is 18.0. The van der Waals surface area contributed by atoms with Crippen LogP contribution in [0.2, 0.25) is 0 Å². The van der Waals surface area contributed by atoms with Crippen molar-refractivity contribution in [1.29, 1.82) is 0 Å². The minimum atomic E-state index is -1.07. The Morgan fingerprint density at radius 2 is 1.55 bits per heavy atom. The van der Waals surface area contributed by atoms with E-state index < -0.39 is 35.5 Å². The molecule has 20 heteroatoms. The second kappa shape index (κ2) is 27.7. The Bertz CT molecular complexity index is 2990. The molecule has 466 valence electrons. The van der Waals surface area contributed by atoms with E-state index in [2.05, 4.69) is 41.4 Å². The summed E-state index contributed by atoms with van der Waals surface area (Å²) in [6, 6.07) is 3.19. The normalized spacial score (nSPS) is 27.4. The lowest BCUT2D eigenvalue weighted by Gasteiger charge is -2.61. The third kappa shape index (κ3) is 14.9. The molecule has 0 radical (unpaired) electrons. The minimum Gasteiger partial charge on any atom is -0.480 e. The first-order chi connectivity index (χ1) is 40.2. The molecule has 11 atom stereocenters. The highest BCUT2D eigenvalue weighted by Gasteiger charge is 2.60. The highest BCUT2D eigenvalue weighted by Crippen LogP contribution is 2.68. The number of carboxylic acid groups (broad SMARTS) is 2. The molecule has 1 aromatic heterocycles. The number of aliphatic hydroxyl groups is 1. The van der Waals surface area contributed by atoms with Crippen LogP contribution in [-0.4, -0.2) is 140 Å². The van der Waals surface area contributed by atoms with E-state index in [1.54, 1.807) is 59.9 Å². The number of aliphatic imine (C=N–C) groups is 1. The predicted molar refractivity (Wildman–Crippen MR) is 329 cm³/mol. The Kier molecular flexibility index (Phi) is 21.4. The second-order valence-electron chi connectivity index (χ2n) is 26.8. The lowest BCUT2D eigenvalue weighted by molar-refractivity contribution is -0.142. The quantitative estimate of drug-likeness (QED) is 0.0434. The molecule has 85 heavy (non-hydrogen) atoms. The molecule has 0 spiro atoms. The Balaban J connectivity index is 0.765. The van der Waals surface area contributed by atoms with E-state index in [4.69, 9.17) is 4.74 Å². The second-order valence-corrected chi connectivity index (χ2v) is 28.9. The van der Waals surface area contributed by atoms with Crippen LogP contribution in [0.3, 0.4) is 0 Å². The van der Waals surface area contributed by atoms with Gasteiger partial charge in [0.25, 0.3) is 0 Å². The Morgan fingerprint density at radius 3 is 2.28 bits per heavy atom. The largest absolute Gasteiger partial charge is 0.480 e. The maximum Gasteiger partial charge on any atom is 0.415 e. The number of nitrogens with zero attached hydrogens (tertiary/aromatic N) is 4. The molecule has 2 aromatic rings. The lowest BCUT2D eigenvalue weighted by Crippen LogP contribution is -2.54. The van der Waals surface area contributed by atoms with Gasteiger partial charge >= 0.3 is 18.0 Å². The third-order valence-corrected chi connectivity index (χ3v) is 23.2. The number of thiazole rings is 1. The molecule has 8 rings (SSSR count). The van der Waals surface area contributed by atoms with E-state index in [1.165, 1.54) is 71.4 Å². The molecule has 2 heterocycles. The molecule has 1 aliphatic heterocycles. The van der Waals surface area contributed by atoms with Crippen LogP contribution in [0.15, 0.2) is 45.5 Å². The van der Waals surface area contributed by atoms with Gasteiger partial charge in [-0.15, -0.1) is 23.1 Å². The first kappa shape index (κ1) is 65.5. The molecule has 0 bridgehead atoms. The number of ether oxygens (including phenoxy) is 1. The predicted octanol–water partition coefficient (Wildman–Crippen LogP) is 10.6. The number of carbonyl (C=O) groups is 8. The number of unbranched alkanes of at least 4 members (excludes halogenated alkanes) is 3. The number of fused-ring (bicyclic) bond motifs is 6. The molecule has 4 fully saturated rings. The van der Waals surface area contributed by atoms with Crippen LogP contribution in [0.4, 0.5) is 4.79 Å². The number of amides is 4. The summed E-state index contributed by atoms with van der Waals surface area (Å²) in [5.41, 5.74) is 1.72. The minimum absolute atomic E-state index is 0.0517. The Morgan fingerprint density at radius 1 is 0.824 bits per heavy atom. The number of thioether (sulfide) groups is 1. The van der Waals surface area contributed by atoms with Gasteiger partial charge in [-0.2, -0.15) is 0 Å². The molecule has 5 aliphatic carbocycles. The summed E-state index contributed by atoms with van der Waals surface area (Å²) in [5, 5.41) is 36.8. The number of benzene rings is 1. The van der Waals surface area contributed by atoms with Gasteiger partial charge < -0.3 is 40.5 Å². The fourth-order valence-electron chi connectivity index (χ4n) is 15.9. The van der Waals surface area contributed by atoms with E-state index in [1.807, 2.05) is 0 Å². The number of nitrogens with one attached hydrogen (secondary N) is 2. The molecule has 4 amide bonds. The SMILES string of the molecule is CC1=C(C)C(=O)C(C(C)(C)CC(=O)N(C)CCN(CCCCCC(=O)NCCCCC(NC(=O)CCC(C)[C@H]2CC[C@H]3[C@@H]4CC[C@@H]5C[C@H](O)CC[C@]5(C)[C@H]4CC[C@]23C)C(=O)O)C(=O)Oc2ccc3nc(C4=NC(C(=O)O)CS4)sc3c2)=C(C)C1=O. The van der Waals surface area contributed by atoms with E-state index in [9.17, 15) is 53.7 Å². The van der Waals surface area contributed by atoms with E-state index in [-0.39, 0.29) is 85.5 Å². The van der Waals surface area contributed by atoms with Crippen molar-refractivity contribution in [2.24, 2.45) is 56.7 Å². The standard InChI is InChI=1S/C65H92N6O12S2/c1-37(45-21-22-46-44-20-18-41-33-42(72)25-27-64(41,7)47(44)26-28-65(45,46)8)17-24-53(74)67-49(60(78)79)15-12-13-29-66-52(73)16-11-10-14-30-71(32-31-70(9)54(75)35-63(5,6)55-40(4)56(76)38(2)39(3)57(55)77)62(82)83-43-19-23-48-51(34-43)85-59(68-48)58-69-50(36-84-58)61(80)81/h19,23,34,37,41-42,44-47,49-50,72H,10-18,20-22,24-33,35-36H2,1-9H3,(H,66,73)(H,67,74)(H,78,79)(H,80,81)/t37?,41-,42-,44+,45-,46+,47+,49?,50?,64+,65-/m1/s1. The summed E-state index contributed by atoms with van der Waals surface area (Å²) < 4.78 is 6.62. The number of aliphatic carboxylic acids is 2. The Hall–Kier alpha value is -5.47. The summed E-state index contributed by atoms with van der Waals surface area (Å²) in [6.45, 7) is 16.6. The highest BCUT2D eigenvalue weighted by molar-refractivity contribution is 8.15. The molecular formula is C65H92N6O12S2. The van der Waals surface area contributed by atoms with Crippen LogP contribution in [0.5, 0.6) is 5.75 Å². The zero-order valence-corrected chi connectivity index (χ0v) is 53.2. The number of hydrogen-bond acceptors (Lipinski definition) is 14. The van der Waals surface area contributed by atoms with Gasteiger partial charge in [0.15, 0.2) is 17.6 Å². The monoisotopic (exact) mass is 1210 g/mol. The first-order valence-corrected chi connectivity index (χ1v) is 33.0. The molecule has 3 unspecified atom stereocenters. The van der Waals surface area contributed by atoms with Gasteiger partial charge in [-0.05, 0) is 176 Å². The third-order valence-electron chi connectivity index (χ3n) is 21.0. The number of allylic oxidation sites excluding steroid dienone is 4. The number of likely N-dealkylation sites (N-methyl/N-ethyl adjacent to an activating group) is 1. The molecule has 4 saturated carbocycles. The number of carbonyl (C=O) groups excluding carboxylic acids is 6. The number of Topliss-reactive ketones (excluding diaryl/α,β-unsaturated/α-hetero) is 2. The van der Waals surface area contributed by atoms with Crippen LogP contribution >= 0.6 is 23.1 Å². The summed E-state index contributed by atoms with van der Waals surface area (Å²) in [4.78, 5) is 116. The van der Waals surface area contributed by atoms with Gasteiger partial charge in [0.1, 0.15) is 21.8 Å². The van der Waals surface area contributed by atoms with Crippen LogP contribution in [0, 0.1) is 51.8 Å². The van der Waals surface area contributed by atoms with Gasteiger partial charge in [0.05, 0.1) is 16.3 Å². The molecule has 6 aliphatic rings. The topological polar surface area (TPSA) is 262 Å². The zero-order valence-electron chi connectivity index (χ0n) is 51.5. The van der Waals surface area contributed by atoms with Crippen molar-refractivity contribution in [2.75, 3.05) is 39.0 Å². The fraction of sp³-hybridized carbons (Fsp3) is 0.692. The summed E-state index contributed by atoms with van der Waals surface area (Å²) >= 11 is 2.64. The molecule has 0 saturated heterocycles. The Labute approximate surface area is 509 Å². The maximum atomic E-state index is 13.9. The van der Waals surface area contributed by atoms with Crippen molar-refractivity contribution >= 4 is 85.7 Å². The molecule has 1 aromatic carbocycles. The molecule has 5 N–H and O–H groups in total. The highest BCUT2D eigenvalue weighted by atomic mass is 32.2. The van der Waals surface area contributed by atoms with Crippen molar-refractivity contribution in [3.63, 3.8) is 0 Å². The van der Waals surface area contributed by atoms with Crippen molar-refractivity contribution in [2.45, 2.75) is 196 Å². The van der Waals surface area contributed by atoms with Crippen molar-refractivity contribution in [1.82, 2.24) is 25.4 Å². The van der Waals surface area contributed by atoms with Crippen LogP contribution < -0.4 is 15.4 Å². The van der Waals surface area contributed by atoms with Crippen molar-refractivity contribution in [3.8, 4) is 5.75 Å². The number of carboxylic acids is 2. The number of hydrogen-bond donors (Lipinski definition) is 5. The van der Waals surface area contributed by atoms with Crippen molar-refractivity contribution < 1.29 is 58.4 Å². The van der Waals surface area contributed by atoms with Crippen LogP contribution in [0.25, 0.3) is 10.2 Å². The van der Waals surface area contributed by atoms with Gasteiger partial charge in [-0.1, -0.05) is 41.0 Å². The average molecular weight is 1210 g/mol. The zero-order chi connectivity index (χ0) is 61.7. The number of aliphatic hydroxyl groups excluding tert-OH is 1. The van der Waals surface area contributed by atoms with E-state index >= 15 is 0 Å². The lowest BCUT2D eigenvalue weighted by atomic mass is 9.44. The molecular weight excluding hydrogens is 1120 g/mol. The van der Waals surface area contributed by atoms with E-state index in [0.717, 1.165) is 37.5 Å². The number of rotatable bonds is 26. The van der Waals surface area contributed by atoms with Gasteiger partial charge in [-0.3, -0.25) is 29.0 Å². The maximum absolute atomic E-state index is 13.9. The van der Waals surface area contributed by atoms with Gasteiger partial charge in [0, 0.05) is 92.0 Å². The first-order valence-electron chi connectivity index (χ1n) is 31.2. The summed E-state index contributed by atoms with van der Waals surface area (Å²) in [5.74, 6) is 1.14. The summed E-state index contributed by atoms with van der Waals surface area (Å²) in [7, 11) is 1.62. The van der Waals surface area contributed by atoms with Crippen molar-refractivity contribution in [3.05, 3.63) is 45.5 Å².